The number of carbonyl (C=O) groups is 1. The summed E-state index contributed by atoms with van der Waals surface area (Å²) in [7, 11) is -3.49. The van der Waals surface area contributed by atoms with Gasteiger partial charge in [-0.2, -0.15) is 0 Å². The van der Waals surface area contributed by atoms with Crippen molar-refractivity contribution in [2.45, 2.75) is 35.5 Å². The van der Waals surface area contributed by atoms with Crippen molar-refractivity contribution >= 4 is 45.0 Å². The summed E-state index contributed by atoms with van der Waals surface area (Å²) in [4.78, 5) is 13.2. The molecule has 0 spiro atoms. The molecule has 1 fully saturated rings. The van der Waals surface area contributed by atoms with Gasteiger partial charge in [-0.25, -0.2) is 26.3 Å². The summed E-state index contributed by atoms with van der Waals surface area (Å²) < 4.78 is 65.3. The van der Waals surface area contributed by atoms with Crippen LogP contribution in [0.1, 0.15) is 30.1 Å². The minimum absolute atomic E-state index is 0.0629. The highest BCUT2D eigenvalue weighted by Crippen LogP contribution is 2.44. The van der Waals surface area contributed by atoms with Gasteiger partial charge < -0.3 is 10.4 Å². The Kier molecular flexibility index (Phi) is 8.27. The first-order chi connectivity index (χ1) is 16.2. The molecule has 2 aromatic carbocycles. The molecule has 2 aromatic rings. The topological polar surface area (TPSA) is 95.5 Å². The average molecular weight is 549 g/mol. The van der Waals surface area contributed by atoms with E-state index in [1.807, 2.05) is 0 Å². The van der Waals surface area contributed by atoms with Gasteiger partial charge in [-0.1, -0.05) is 25.1 Å². The standard InChI is InChI=1S/C23H24ClF3N2O4S2/c1-12-6-16(7-13(2)23(12,31)11-28-35(3,32)33)34-20-8-14(4-5-17(20)24)22(30)29-15-9-18(25)21(27)19(26)10-15/h4-5,8-10,13,16,28,31H,1,6-7,11H2,2-3H3,(H,29,30)/t13?,16-,23+/m0/s1. The molecule has 1 amide bonds. The Labute approximate surface area is 211 Å². The van der Waals surface area contributed by atoms with Gasteiger partial charge in [-0.3, -0.25) is 4.79 Å². The normalized spacial score (nSPS) is 22.8. The van der Waals surface area contributed by atoms with Crippen LogP contribution in [0.15, 0.2) is 47.4 Å². The Balaban J connectivity index is 1.73. The van der Waals surface area contributed by atoms with Crippen molar-refractivity contribution in [3.05, 3.63) is 70.5 Å². The fraction of sp³-hybridized carbons (Fsp3) is 0.348. The highest BCUT2D eigenvalue weighted by Gasteiger charge is 2.43. The lowest BCUT2D eigenvalue weighted by Crippen LogP contribution is -2.52. The molecule has 0 heterocycles. The number of amides is 1. The minimum atomic E-state index is -3.49. The van der Waals surface area contributed by atoms with Crippen LogP contribution in [0.5, 0.6) is 0 Å². The van der Waals surface area contributed by atoms with Crippen LogP contribution in [0, 0.1) is 23.4 Å². The number of hydrogen-bond acceptors (Lipinski definition) is 5. The van der Waals surface area contributed by atoms with Crippen molar-refractivity contribution in [1.29, 1.82) is 0 Å². The number of carbonyl (C=O) groups excluding carboxylic acids is 1. The second kappa shape index (κ2) is 10.5. The van der Waals surface area contributed by atoms with Crippen LogP contribution in [0.25, 0.3) is 0 Å². The van der Waals surface area contributed by atoms with Crippen LogP contribution < -0.4 is 10.0 Å². The lowest BCUT2D eigenvalue weighted by Gasteiger charge is -2.43. The van der Waals surface area contributed by atoms with Crippen LogP contribution in [-0.2, 0) is 10.0 Å². The third-order valence-electron chi connectivity index (χ3n) is 5.85. The van der Waals surface area contributed by atoms with Crippen LogP contribution >= 0.6 is 23.4 Å². The van der Waals surface area contributed by atoms with E-state index >= 15 is 0 Å². The molecule has 0 radical (unpaired) electrons. The number of benzene rings is 2. The molecule has 35 heavy (non-hydrogen) atoms. The van der Waals surface area contributed by atoms with Crippen molar-refractivity contribution in [3.63, 3.8) is 0 Å². The van der Waals surface area contributed by atoms with Crippen LogP contribution in [-0.4, -0.2) is 43.1 Å². The van der Waals surface area contributed by atoms with E-state index in [2.05, 4.69) is 16.6 Å². The van der Waals surface area contributed by atoms with Gasteiger partial charge in [-0.05, 0) is 42.5 Å². The maximum absolute atomic E-state index is 13.4. The maximum Gasteiger partial charge on any atom is 0.255 e. The van der Waals surface area contributed by atoms with Gasteiger partial charge in [0.2, 0.25) is 10.0 Å². The SMILES string of the molecule is C=C1C[C@H](Sc2cc(C(=O)Nc3cc(F)c(F)c(F)c3)ccc2Cl)CC(C)[C@@]1(O)CNS(C)(=O)=O. The summed E-state index contributed by atoms with van der Waals surface area (Å²) in [5, 5.41) is 13.7. The van der Waals surface area contributed by atoms with E-state index in [1.54, 1.807) is 6.92 Å². The molecule has 1 saturated carbocycles. The molecule has 3 rings (SSSR count). The molecule has 0 aliphatic heterocycles. The van der Waals surface area contributed by atoms with Crippen molar-refractivity contribution < 1.29 is 31.5 Å². The van der Waals surface area contributed by atoms with Gasteiger partial charge in [-0.15, -0.1) is 11.8 Å². The lowest BCUT2D eigenvalue weighted by molar-refractivity contribution is 0.0112. The molecular formula is C23H24ClF3N2O4S2. The Morgan fingerprint density at radius 3 is 2.46 bits per heavy atom. The summed E-state index contributed by atoms with van der Waals surface area (Å²) in [6, 6.07) is 5.83. The van der Waals surface area contributed by atoms with Gasteiger partial charge in [0.25, 0.3) is 5.91 Å². The van der Waals surface area contributed by atoms with Gasteiger partial charge >= 0.3 is 0 Å². The maximum atomic E-state index is 13.4. The van der Waals surface area contributed by atoms with Crippen molar-refractivity contribution in [2.24, 2.45) is 5.92 Å². The molecule has 12 heteroatoms. The summed E-state index contributed by atoms with van der Waals surface area (Å²) in [6.45, 7) is 5.59. The summed E-state index contributed by atoms with van der Waals surface area (Å²) in [5.74, 6) is -5.46. The first-order valence-corrected chi connectivity index (χ1v) is 13.6. The fourth-order valence-electron chi connectivity index (χ4n) is 3.85. The average Bonchev–Trinajstić information content (AvgIpc) is 2.75. The quantitative estimate of drug-likeness (QED) is 0.343. The Bertz CT molecular complexity index is 1250. The Hall–Kier alpha value is -2.05. The van der Waals surface area contributed by atoms with Crippen LogP contribution in [0.4, 0.5) is 18.9 Å². The predicted molar refractivity (Wildman–Crippen MR) is 131 cm³/mol. The minimum Gasteiger partial charge on any atom is -0.384 e. The van der Waals surface area contributed by atoms with E-state index in [1.165, 1.54) is 30.0 Å². The Morgan fingerprint density at radius 1 is 1.26 bits per heavy atom. The monoisotopic (exact) mass is 548 g/mol. The zero-order valence-corrected chi connectivity index (χ0v) is 21.3. The molecule has 1 aliphatic rings. The highest BCUT2D eigenvalue weighted by atomic mass is 35.5. The second-order valence-electron chi connectivity index (χ2n) is 8.56. The van der Waals surface area contributed by atoms with Gasteiger partial charge in [0, 0.05) is 40.1 Å². The second-order valence-corrected chi connectivity index (χ2v) is 12.1. The summed E-state index contributed by atoms with van der Waals surface area (Å²) >= 11 is 7.70. The zero-order valence-electron chi connectivity index (χ0n) is 18.9. The van der Waals surface area contributed by atoms with Crippen molar-refractivity contribution in [3.8, 4) is 0 Å². The molecule has 3 N–H and O–H groups in total. The molecular weight excluding hydrogens is 525 g/mol. The number of halogens is 4. The molecule has 6 nitrogen and oxygen atoms in total. The predicted octanol–water partition coefficient (Wildman–Crippen LogP) is 4.74. The smallest absolute Gasteiger partial charge is 0.255 e. The zero-order chi connectivity index (χ0) is 26.1. The van der Waals surface area contributed by atoms with E-state index in [4.69, 9.17) is 11.6 Å². The van der Waals surface area contributed by atoms with Gasteiger partial charge in [0.05, 0.1) is 11.3 Å². The number of thioether (sulfide) groups is 1. The van der Waals surface area contributed by atoms with Crippen LogP contribution in [0.2, 0.25) is 5.02 Å². The summed E-state index contributed by atoms with van der Waals surface area (Å²) in [5.41, 5.74) is -0.991. The van der Waals surface area contributed by atoms with E-state index in [-0.39, 0.29) is 29.0 Å². The van der Waals surface area contributed by atoms with Gasteiger partial charge in [0.15, 0.2) is 17.5 Å². The number of nitrogens with one attached hydrogen (secondary N) is 2. The molecule has 1 aliphatic carbocycles. The molecule has 3 atom stereocenters. The number of hydrogen-bond donors (Lipinski definition) is 3. The van der Waals surface area contributed by atoms with Crippen LogP contribution in [0.3, 0.4) is 0 Å². The van der Waals surface area contributed by atoms with Crippen molar-refractivity contribution in [1.82, 2.24) is 4.72 Å². The van der Waals surface area contributed by atoms with E-state index in [0.717, 1.165) is 6.26 Å². The highest BCUT2D eigenvalue weighted by molar-refractivity contribution is 8.00. The molecule has 0 aromatic heterocycles. The van der Waals surface area contributed by atoms with E-state index in [0.29, 0.717) is 40.5 Å². The van der Waals surface area contributed by atoms with Gasteiger partial charge in [0.1, 0.15) is 5.60 Å². The number of rotatable bonds is 7. The molecule has 0 saturated heterocycles. The van der Waals surface area contributed by atoms with E-state index < -0.39 is 39.0 Å². The number of anilines is 1. The summed E-state index contributed by atoms with van der Waals surface area (Å²) in [6.07, 6.45) is 1.92. The third-order valence-corrected chi connectivity index (χ3v) is 8.25. The molecule has 190 valence electrons. The fourth-order valence-corrected chi connectivity index (χ4v) is 5.99. The number of sulfonamides is 1. The first-order valence-electron chi connectivity index (χ1n) is 10.5. The molecule has 0 bridgehead atoms. The molecule has 1 unspecified atom stereocenters. The Morgan fingerprint density at radius 2 is 1.89 bits per heavy atom. The first kappa shape index (κ1) is 27.5. The third kappa shape index (κ3) is 6.59. The van der Waals surface area contributed by atoms with E-state index in [9.17, 15) is 31.5 Å². The lowest BCUT2D eigenvalue weighted by atomic mass is 9.73. The van der Waals surface area contributed by atoms with Crippen molar-refractivity contribution in [2.75, 3.05) is 18.1 Å². The number of aliphatic hydroxyl groups is 1. The largest absolute Gasteiger partial charge is 0.384 e.